The van der Waals surface area contributed by atoms with Crippen molar-refractivity contribution in [3.63, 3.8) is 0 Å². The fourth-order valence-electron chi connectivity index (χ4n) is 2.28. The van der Waals surface area contributed by atoms with E-state index >= 15 is 0 Å². The summed E-state index contributed by atoms with van der Waals surface area (Å²) in [7, 11) is 0. The fourth-order valence-corrected chi connectivity index (χ4v) is 2.28. The Hall–Kier alpha value is -1.95. The molecule has 2 aromatic rings. The Kier molecular flexibility index (Phi) is 2.93. The molecule has 0 radical (unpaired) electrons. The molecule has 1 aliphatic rings. The standard InChI is InChI=1S/C12H15N5O/c18-9-10-6-7-16(8-10)12-13-14-15-17(12)11-4-2-1-3-5-11/h1-5,10,18H,6-9H2. The van der Waals surface area contributed by atoms with Crippen LogP contribution in [0.3, 0.4) is 0 Å². The van der Waals surface area contributed by atoms with Gasteiger partial charge < -0.3 is 10.0 Å². The van der Waals surface area contributed by atoms with Gasteiger partial charge in [0.25, 0.3) is 0 Å². The molecule has 3 rings (SSSR count). The summed E-state index contributed by atoms with van der Waals surface area (Å²) in [5.74, 6) is 1.07. The van der Waals surface area contributed by atoms with Gasteiger partial charge >= 0.3 is 0 Å². The first kappa shape index (κ1) is 11.2. The van der Waals surface area contributed by atoms with Gasteiger partial charge in [0.05, 0.1) is 5.69 Å². The molecule has 18 heavy (non-hydrogen) atoms. The number of para-hydroxylation sites is 1. The lowest BCUT2D eigenvalue weighted by atomic mass is 10.1. The van der Waals surface area contributed by atoms with Crippen LogP contribution in [0.15, 0.2) is 30.3 Å². The van der Waals surface area contributed by atoms with Crippen molar-refractivity contribution in [1.82, 2.24) is 20.2 Å². The highest BCUT2D eigenvalue weighted by atomic mass is 16.3. The summed E-state index contributed by atoms with van der Waals surface area (Å²) in [6.45, 7) is 1.92. The number of aliphatic hydroxyl groups excluding tert-OH is 1. The third-order valence-electron chi connectivity index (χ3n) is 3.28. The van der Waals surface area contributed by atoms with Crippen molar-refractivity contribution < 1.29 is 5.11 Å². The van der Waals surface area contributed by atoms with Crippen molar-refractivity contribution in [3.05, 3.63) is 30.3 Å². The van der Waals surface area contributed by atoms with Crippen LogP contribution in [0.1, 0.15) is 6.42 Å². The summed E-state index contributed by atoms with van der Waals surface area (Å²) in [6.07, 6.45) is 0.984. The predicted octanol–water partition coefficient (Wildman–Crippen LogP) is 0.481. The number of anilines is 1. The number of aromatic nitrogens is 4. The molecule has 94 valence electrons. The Bertz CT molecular complexity index is 512. The highest BCUT2D eigenvalue weighted by Crippen LogP contribution is 2.22. The van der Waals surface area contributed by atoms with E-state index in [9.17, 15) is 5.11 Å². The first-order valence-electron chi connectivity index (χ1n) is 6.08. The molecule has 1 aromatic carbocycles. The molecule has 1 atom stereocenters. The van der Waals surface area contributed by atoms with Crippen molar-refractivity contribution in [3.8, 4) is 5.69 Å². The van der Waals surface area contributed by atoms with Crippen molar-refractivity contribution in [2.24, 2.45) is 5.92 Å². The zero-order valence-electron chi connectivity index (χ0n) is 9.98. The molecule has 1 aromatic heterocycles. The molecule has 1 saturated heterocycles. The fraction of sp³-hybridized carbons (Fsp3) is 0.417. The Morgan fingerprint density at radius 2 is 2.11 bits per heavy atom. The van der Waals surface area contributed by atoms with Crippen LogP contribution >= 0.6 is 0 Å². The van der Waals surface area contributed by atoms with Gasteiger partial charge in [-0.1, -0.05) is 23.3 Å². The zero-order chi connectivity index (χ0) is 12.4. The van der Waals surface area contributed by atoms with Crippen molar-refractivity contribution in [2.45, 2.75) is 6.42 Å². The molecule has 1 N–H and O–H groups in total. The monoisotopic (exact) mass is 245 g/mol. The number of rotatable bonds is 3. The van der Waals surface area contributed by atoms with E-state index < -0.39 is 0 Å². The lowest BCUT2D eigenvalue weighted by Gasteiger charge is -2.16. The molecule has 0 spiro atoms. The van der Waals surface area contributed by atoms with Gasteiger partial charge in [0.15, 0.2) is 0 Å². The third kappa shape index (κ3) is 1.95. The van der Waals surface area contributed by atoms with Crippen molar-refractivity contribution in [1.29, 1.82) is 0 Å². The lowest BCUT2D eigenvalue weighted by Crippen LogP contribution is -2.24. The maximum atomic E-state index is 9.18. The molecule has 6 nitrogen and oxygen atoms in total. The molecule has 1 aliphatic heterocycles. The summed E-state index contributed by atoms with van der Waals surface area (Å²) < 4.78 is 1.74. The minimum Gasteiger partial charge on any atom is -0.396 e. The number of hydrogen-bond donors (Lipinski definition) is 1. The number of benzene rings is 1. The van der Waals surface area contributed by atoms with E-state index in [1.165, 1.54) is 0 Å². The number of nitrogens with zero attached hydrogens (tertiary/aromatic N) is 5. The van der Waals surface area contributed by atoms with E-state index in [2.05, 4.69) is 20.4 Å². The second kappa shape index (κ2) is 4.73. The Morgan fingerprint density at radius 1 is 1.28 bits per heavy atom. The average Bonchev–Trinajstić information content (AvgIpc) is 3.08. The third-order valence-corrected chi connectivity index (χ3v) is 3.28. The Balaban J connectivity index is 1.89. The first-order valence-corrected chi connectivity index (χ1v) is 6.08. The van der Waals surface area contributed by atoms with Gasteiger partial charge in [-0.05, 0) is 29.0 Å². The average molecular weight is 245 g/mol. The van der Waals surface area contributed by atoms with Gasteiger partial charge in [-0.3, -0.25) is 0 Å². The summed E-state index contributed by atoms with van der Waals surface area (Å²) in [5, 5.41) is 21.1. The van der Waals surface area contributed by atoms with Crippen LogP contribution in [0.5, 0.6) is 0 Å². The first-order chi connectivity index (χ1) is 8.88. The van der Waals surface area contributed by atoms with Crippen LogP contribution < -0.4 is 4.90 Å². The lowest BCUT2D eigenvalue weighted by molar-refractivity contribution is 0.238. The highest BCUT2D eigenvalue weighted by molar-refractivity contribution is 5.41. The molecule has 0 bridgehead atoms. The van der Waals surface area contributed by atoms with Gasteiger partial charge in [-0.25, -0.2) is 0 Å². The molecule has 6 heteroatoms. The van der Waals surface area contributed by atoms with E-state index in [1.54, 1.807) is 4.68 Å². The minimum atomic E-state index is 0.226. The van der Waals surface area contributed by atoms with Crippen molar-refractivity contribution in [2.75, 3.05) is 24.6 Å². The second-order valence-corrected chi connectivity index (χ2v) is 4.51. The van der Waals surface area contributed by atoms with E-state index in [4.69, 9.17) is 0 Å². The van der Waals surface area contributed by atoms with Crippen molar-refractivity contribution >= 4 is 5.95 Å². The van der Waals surface area contributed by atoms with Crippen LogP contribution in [-0.2, 0) is 0 Å². The number of hydrogen-bond acceptors (Lipinski definition) is 5. The van der Waals surface area contributed by atoms with Gasteiger partial charge in [0, 0.05) is 25.6 Å². The topological polar surface area (TPSA) is 67.1 Å². The summed E-state index contributed by atoms with van der Waals surface area (Å²) >= 11 is 0. The van der Waals surface area contributed by atoms with Crippen LogP contribution in [0, 0.1) is 5.92 Å². The van der Waals surface area contributed by atoms with Crippen LogP contribution in [0.2, 0.25) is 0 Å². The van der Waals surface area contributed by atoms with Crippen LogP contribution in [0.4, 0.5) is 5.95 Å². The summed E-state index contributed by atoms with van der Waals surface area (Å²) in [5.41, 5.74) is 0.949. The van der Waals surface area contributed by atoms with E-state index in [0.717, 1.165) is 31.1 Å². The molecule has 1 unspecified atom stereocenters. The molecule has 2 heterocycles. The van der Waals surface area contributed by atoms with Gasteiger partial charge in [0.1, 0.15) is 0 Å². The number of aliphatic hydroxyl groups is 1. The molecule has 0 aliphatic carbocycles. The molecule has 1 fully saturated rings. The zero-order valence-corrected chi connectivity index (χ0v) is 9.98. The molecule has 0 saturated carbocycles. The predicted molar refractivity (Wildman–Crippen MR) is 66.6 cm³/mol. The van der Waals surface area contributed by atoms with Gasteiger partial charge in [0.2, 0.25) is 5.95 Å². The van der Waals surface area contributed by atoms with Crippen LogP contribution in [-0.4, -0.2) is 45.0 Å². The minimum absolute atomic E-state index is 0.226. The normalized spacial score (nSPS) is 19.4. The van der Waals surface area contributed by atoms with E-state index in [0.29, 0.717) is 5.92 Å². The SMILES string of the molecule is OCC1CCN(c2nnnn2-c2ccccc2)C1. The van der Waals surface area contributed by atoms with E-state index in [-0.39, 0.29) is 6.61 Å². The molecular formula is C12H15N5O. The van der Waals surface area contributed by atoms with E-state index in [1.807, 2.05) is 30.3 Å². The Morgan fingerprint density at radius 3 is 2.83 bits per heavy atom. The quantitative estimate of drug-likeness (QED) is 0.852. The summed E-state index contributed by atoms with van der Waals surface area (Å²) in [4.78, 5) is 2.12. The molecular weight excluding hydrogens is 230 g/mol. The highest BCUT2D eigenvalue weighted by Gasteiger charge is 2.26. The smallest absolute Gasteiger partial charge is 0.250 e. The van der Waals surface area contributed by atoms with Crippen LogP contribution in [0.25, 0.3) is 5.69 Å². The molecule has 0 amide bonds. The second-order valence-electron chi connectivity index (χ2n) is 4.51. The van der Waals surface area contributed by atoms with Gasteiger partial charge in [-0.2, -0.15) is 4.68 Å². The maximum Gasteiger partial charge on any atom is 0.250 e. The maximum absolute atomic E-state index is 9.18. The largest absolute Gasteiger partial charge is 0.396 e. The van der Waals surface area contributed by atoms with Gasteiger partial charge in [-0.15, -0.1) is 0 Å². The summed E-state index contributed by atoms with van der Waals surface area (Å²) in [6, 6.07) is 9.83. The Labute approximate surface area is 105 Å². The number of tetrazole rings is 1.